The third kappa shape index (κ3) is 2.97. The van der Waals surface area contributed by atoms with Crippen molar-refractivity contribution in [3.05, 3.63) is 0 Å². The van der Waals surface area contributed by atoms with Crippen LogP contribution in [0.1, 0.15) is 33.6 Å². The van der Waals surface area contributed by atoms with Crippen LogP contribution in [0.15, 0.2) is 0 Å². The minimum Gasteiger partial charge on any atom is -0.480 e. The molecule has 1 saturated heterocycles. The van der Waals surface area contributed by atoms with Crippen LogP contribution in [0.2, 0.25) is 0 Å². The number of aliphatic carboxylic acids is 1. The predicted molar refractivity (Wildman–Crippen MR) is 64.3 cm³/mol. The maximum atomic E-state index is 12.1. The summed E-state index contributed by atoms with van der Waals surface area (Å²) in [5, 5.41) is 9.21. The molecule has 0 aliphatic carbocycles. The molecule has 0 saturated carbocycles. The number of rotatable bonds is 3. The van der Waals surface area contributed by atoms with Crippen LogP contribution < -0.4 is 5.73 Å². The molecule has 0 aromatic rings. The molecule has 0 spiro atoms. The molecule has 1 rings (SSSR count). The van der Waals surface area contributed by atoms with Crippen molar-refractivity contribution in [2.45, 2.75) is 45.7 Å². The smallest absolute Gasteiger partial charge is 0.326 e. The van der Waals surface area contributed by atoms with Gasteiger partial charge in [0.2, 0.25) is 5.91 Å². The fraction of sp³-hybridized carbons (Fsp3) is 0.833. The molecular formula is C12H22N2O3. The fourth-order valence-corrected chi connectivity index (χ4v) is 2.29. The summed E-state index contributed by atoms with van der Waals surface area (Å²) in [5.41, 5.74) is 5.81. The van der Waals surface area contributed by atoms with E-state index in [2.05, 4.69) is 0 Å². The molecule has 3 N–H and O–H groups in total. The van der Waals surface area contributed by atoms with Gasteiger partial charge >= 0.3 is 5.97 Å². The molecule has 0 aromatic heterocycles. The lowest BCUT2D eigenvalue weighted by Gasteiger charge is -2.39. The third-order valence-electron chi connectivity index (χ3n) is 3.47. The van der Waals surface area contributed by atoms with Crippen LogP contribution in [0, 0.1) is 11.8 Å². The van der Waals surface area contributed by atoms with Crippen molar-refractivity contribution in [3.63, 3.8) is 0 Å². The number of piperidine rings is 1. The zero-order valence-electron chi connectivity index (χ0n) is 10.7. The van der Waals surface area contributed by atoms with Gasteiger partial charge in [-0.15, -0.1) is 0 Å². The maximum Gasteiger partial charge on any atom is 0.326 e. The monoisotopic (exact) mass is 242 g/mol. The summed E-state index contributed by atoms with van der Waals surface area (Å²) in [5.74, 6) is -1.15. The first-order chi connectivity index (χ1) is 7.86. The van der Waals surface area contributed by atoms with Crippen molar-refractivity contribution in [1.82, 2.24) is 4.90 Å². The molecular weight excluding hydrogens is 220 g/mol. The highest BCUT2D eigenvalue weighted by atomic mass is 16.4. The Labute approximate surface area is 102 Å². The Kier molecular flexibility index (Phi) is 4.51. The number of likely N-dealkylation sites (tertiary alicyclic amines) is 1. The highest BCUT2D eigenvalue weighted by molar-refractivity contribution is 5.87. The Morgan fingerprint density at radius 1 is 1.41 bits per heavy atom. The molecule has 1 heterocycles. The van der Waals surface area contributed by atoms with E-state index in [1.165, 1.54) is 4.90 Å². The summed E-state index contributed by atoms with van der Waals surface area (Å²) < 4.78 is 0. The zero-order chi connectivity index (χ0) is 13.2. The number of nitrogens with two attached hydrogens (primary N) is 1. The first kappa shape index (κ1) is 14.0. The number of nitrogens with zero attached hydrogens (tertiary/aromatic N) is 1. The highest BCUT2D eigenvalue weighted by Gasteiger charge is 2.38. The van der Waals surface area contributed by atoms with Gasteiger partial charge in [-0.3, -0.25) is 4.79 Å². The van der Waals surface area contributed by atoms with Gasteiger partial charge < -0.3 is 15.7 Å². The van der Waals surface area contributed by atoms with Crippen LogP contribution >= 0.6 is 0 Å². The Bertz CT molecular complexity index is 304. The molecule has 98 valence electrons. The number of hydrogen-bond acceptors (Lipinski definition) is 3. The van der Waals surface area contributed by atoms with Crippen LogP contribution in [-0.2, 0) is 9.59 Å². The molecule has 0 bridgehead atoms. The topological polar surface area (TPSA) is 83.6 Å². The highest BCUT2D eigenvalue weighted by Crippen LogP contribution is 2.24. The van der Waals surface area contributed by atoms with Crippen LogP contribution in [0.3, 0.4) is 0 Å². The largest absolute Gasteiger partial charge is 0.480 e. The Hall–Kier alpha value is -1.10. The van der Waals surface area contributed by atoms with Gasteiger partial charge in [0.1, 0.15) is 6.04 Å². The molecule has 1 fully saturated rings. The minimum absolute atomic E-state index is 0.00966. The Balaban J connectivity index is 2.86. The molecule has 5 nitrogen and oxygen atoms in total. The van der Waals surface area contributed by atoms with Crippen molar-refractivity contribution in [2.24, 2.45) is 17.6 Å². The van der Waals surface area contributed by atoms with Crippen LogP contribution in [-0.4, -0.2) is 40.5 Å². The van der Waals surface area contributed by atoms with Gasteiger partial charge in [0, 0.05) is 6.54 Å². The summed E-state index contributed by atoms with van der Waals surface area (Å²) in [7, 11) is 0. The van der Waals surface area contributed by atoms with Crippen molar-refractivity contribution in [2.75, 3.05) is 6.54 Å². The quantitative estimate of drug-likeness (QED) is 0.762. The Morgan fingerprint density at radius 3 is 2.47 bits per heavy atom. The van der Waals surface area contributed by atoms with E-state index >= 15 is 0 Å². The van der Waals surface area contributed by atoms with Crippen molar-refractivity contribution in [3.8, 4) is 0 Å². The second kappa shape index (κ2) is 5.49. The first-order valence-electron chi connectivity index (χ1n) is 6.15. The van der Waals surface area contributed by atoms with Gasteiger partial charge in [-0.25, -0.2) is 4.79 Å². The number of carbonyl (C=O) groups excluding carboxylic acids is 1. The van der Waals surface area contributed by atoms with Gasteiger partial charge in [-0.05, 0) is 24.7 Å². The van der Waals surface area contributed by atoms with Gasteiger partial charge in [-0.1, -0.05) is 20.8 Å². The average molecular weight is 242 g/mol. The van der Waals surface area contributed by atoms with Gasteiger partial charge in [0.25, 0.3) is 0 Å². The van der Waals surface area contributed by atoms with Crippen molar-refractivity contribution >= 4 is 11.9 Å². The van der Waals surface area contributed by atoms with Crippen molar-refractivity contribution in [1.29, 1.82) is 0 Å². The average Bonchev–Trinajstić information content (AvgIpc) is 2.25. The fourth-order valence-electron chi connectivity index (χ4n) is 2.29. The van der Waals surface area contributed by atoms with Crippen molar-refractivity contribution < 1.29 is 14.7 Å². The van der Waals surface area contributed by atoms with E-state index in [0.29, 0.717) is 6.54 Å². The molecule has 5 heteroatoms. The maximum absolute atomic E-state index is 12.1. The SMILES string of the molecule is CC1CCCN(C(=O)[C@@H](N)C(C)C)C1C(=O)O. The predicted octanol–water partition coefficient (Wildman–Crippen LogP) is 0.681. The number of amides is 1. The number of carboxylic acid groups (broad SMARTS) is 1. The molecule has 0 aromatic carbocycles. The van der Waals surface area contributed by atoms with E-state index in [9.17, 15) is 14.7 Å². The molecule has 17 heavy (non-hydrogen) atoms. The van der Waals surface area contributed by atoms with Gasteiger partial charge in [0.05, 0.1) is 6.04 Å². The second-order valence-corrected chi connectivity index (χ2v) is 5.20. The lowest BCUT2D eigenvalue weighted by molar-refractivity contribution is -0.155. The lowest BCUT2D eigenvalue weighted by atomic mass is 9.89. The van der Waals surface area contributed by atoms with E-state index in [0.717, 1.165) is 12.8 Å². The summed E-state index contributed by atoms with van der Waals surface area (Å²) in [6.45, 7) is 6.11. The van der Waals surface area contributed by atoms with Crippen LogP contribution in [0.4, 0.5) is 0 Å². The molecule has 0 radical (unpaired) electrons. The van der Waals surface area contributed by atoms with Crippen LogP contribution in [0.25, 0.3) is 0 Å². The first-order valence-corrected chi connectivity index (χ1v) is 6.15. The molecule has 2 unspecified atom stereocenters. The number of hydrogen-bond donors (Lipinski definition) is 2. The number of carboxylic acids is 1. The molecule has 1 aliphatic heterocycles. The lowest BCUT2D eigenvalue weighted by Crippen LogP contribution is -2.57. The Morgan fingerprint density at radius 2 is 2.00 bits per heavy atom. The standard InChI is InChI=1S/C12H22N2O3/c1-7(2)9(13)11(15)14-6-4-5-8(3)10(14)12(16)17/h7-10H,4-6,13H2,1-3H3,(H,16,17)/t8?,9-,10?/m0/s1. The van der Waals surface area contributed by atoms with Gasteiger partial charge in [0.15, 0.2) is 0 Å². The third-order valence-corrected chi connectivity index (χ3v) is 3.47. The minimum atomic E-state index is -0.929. The van der Waals surface area contributed by atoms with Gasteiger partial charge in [-0.2, -0.15) is 0 Å². The zero-order valence-corrected chi connectivity index (χ0v) is 10.7. The number of carbonyl (C=O) groups is 2. The van der Waals surface area contributed by atoms with E-state index in [1.54, 1.807) is 0 Å². The normalized spacial score (nSPS) is 27.0. The molecule has 1 aliphatic rings. The summed E-state index contributed by atoms with van der Waals surface area (Å²) in [4.78, 5) is 24.8. The molecule has 3 atom stereocenters. The molecule has 1 amide bonds. The second-order valence-electron chi connectivity index (χ2n) is 5.20. The van der Waals surface area contributed by atoms with E-state index in [-0.39, 0.29) is 17.7 Å². The van der Waals surface area contributed by atoms with E-state index in [4.69, 9.17) is 5.73 Å². The van der Waals surface area contributed by atoms with Crippen LogP contribution in [0.5, 0.6) is 0 Å². The van der Waals surface area contributed by atoms with E-state index < -0.39 is 18.1 Å². The summed E-state index contributed by atoms with van der Waals surface area (Å²) in [6.07, 6.45) is 1.69. The summed E-state index contributed by atoms with van der Waals surface area (Å²) >= 11 is 0. The summed E-state index contributed by atoms with van der Waals surface area (Å²) in [6, 6.07) is -1.33. The van der Waals surface area contributed by atoms with E-state index in [1.807, 2.05) is 20.8 Å².